The third-order valence-electron chi connectivity index (χ3n) is 8.05. The highest BCUT2D eigenvalue weighted by atomic mass is 16.3. The molecule has 7 heteroatoms. The number of nitrogens with one attached hydrogen (secondary N) is 2. The second-order valence-electron chi connectivity index (χ2n) is 10.6. The van der Waals surface area contributed by atoms with E-state index in [2.05, 4.69) is 62.0 Å². The highest BCUT2D eigenvalue weighted by molar-refractivity contribution is 6.31. The highest BCUT2D eigenvalue weighted by Gasteiger charge is 2.33. The van der Waals surface area contributed by atoms with Crippen molar-refractivity contribution in [1.82, 2.24) is 15.5 Å². The Morgan fingerprint density at radius 3 is 2.73 bits per heavy atom. The summed E-state index contributed by atoms with van der Waals surface area (Å²) in [5.41, 5.74) is 5.77. The van der Waals surface area contributed by atoms with Gasteiger partial charge in [0.05, 0.1) is 23.7 Å². The van der Waals surface area contributed by atoms with Gasteiger partial charge in [0.2, 0.25) is 0 Å². The van der Waals surface area contributed by atoms with E-state index in [1.54, 1.807) is 0 Å². The number of likely N-dealkylation sites (tertiary alicyclic amines) is 1. The zero-order chi connectivity index (χ0) is 25.5. The summed E-state index contributed by atoms with van der Waals surface area (Å²) in [6.45, 7) is 2.69. The Kier molecular flexibility index (Phi) is 8.87. The molecule has 5 aliphatic rings. The molecule has 4 N–H and O–H groups in total. The number of aliphatic hydroxyl groups excluding tert-OH is 2. The van der Waals surface area contributed by atoms with Crippen LogP contribution in [0.3, 0.4) is 0 Å². The van der Waals surface area contributed by atoms with Crippen molar-refractivity contribution in [3.63, 3.8) is 0 Å². The molecule has 2 aliphatic carbocycles. The van der Waals surface area contributed by atoms with Gasteiger partial charge in [0.1, 0.15) is 6.23 Å². The Morgan fingerprint density at radius 1 is 1.03 bits per heavy atom. The summed E-state index contributed by atoms with van der Waals surface area (Å²) in [6.07, 6.45) is 26.2. The van der Waals surface area contributed by atoms with Crippen molar-refractivity contribution in [2.45, 2.75) is 57.6 Å². The molecule has 1 saturated heterocycles. The summed E-state index contributed by atoms with van der Waals surface area (Å²) in [4.78, 5) is 11.2. The Hall–Kier alpha value is -2.74. The van der Waals surface area contributed by atoms with Crippen LogP contribution in [0.2, 0.25) is 0 Å². The smallest absolute Gasteiger partial charge is 0.114 e. The summed E-state index contributed by atoms with van der Waals surface area (Å²) in [7, 11) is 0. The number of unbranched alkanes of at least 4 members (excludes halogenated alkanes) is 2. The van der Waals surface area contributed by atoms with Gasteiger partial charge in [-0.2, -0.15) is 0 Å². The predicted molar refractivity (Wildman–Crippen MR) is 150 cm³/mol. The van der Waals surface area contributed by atoms with Crippen LogP contribution in [0.15, 0.2) is 81.5 Å². The van der Waals surface area contributed by atoms with Crippen LogP contribution in [0.4, 0.5) is 0 Å². The SMILES string of the molecule is OCCCCCC1=C(C2C=CC=CC2)NC2=CCC(C(O)N3CCC(C4=NC=CCN=C4)CC3)C=C2N1. The van der Waals surface area contributed by atoms with Crippen LogP contribution >= 0.6 is 0 Å². The van der Waals surface area contributed by atoms with Crippen LogP contribution in [0.25, 0.3) is 0 Å². The number of nitrogens with zero attached hydrogens (tertiary/aromatic N) is 3. The van der Waals surface area contributed by atoms with Crippen molar-refractivity contribution >= 4 is 11.9 Å². The minimum Gasteiger partial charge on any atom is -0.396 e. The molecule has 0 aromatic rings. The van der Waals surface area contributed by atoms with Crippen molar-refractivity contribution in [3.8, 4) is 0 Å². The maximum absolute atomic E-state index is 11.3. The van der Waals surface area contributed by atoms with Gasteiger partial charge in [-0.15, -0.1) is 0 Å². The molecular formula is C30H41N5O2. The third kappa shape index (κ3) is 6.40. The molecule has 0 amide bonds. The van der Waals surface area contributed by atoms with E-state index in [1.165, 1.54) is 11.4 Å². The summed E-state index contributed by atoms with van der Waals surface area (Å²) in [5.74, 6) is 0.811. The highest BCUT2D eigenvalue weighted by Crippen LogP contribution is 2.34. The molecule has 0 spiro atoms. The maximum atomic E-state index is 11.3. The molecule has 3 unspecified atom stereocenters. The number of hydrogen-bond acceptors (Lipinski definition) is 7. The van der Waals surface area contributed by atoms with Crippen molar-refractivity contribution in [1.29, 1.82) is 0 Å². The molecule has 5 rings (SSSR count). The standard InChI is InChI=1S/C30H41N5O2/c36-19-6-2-5-10-26-29(23-8-3-1-4-9-23)34-25-12-11-24(20-27(25)33-26)30(37)35-17-13-22(14-18-35)28-21-31-15-7-16-32-28/h1,3-4,7-8,12,16,20-24,30,33-34,36-37H,2,5-6,9-11,13-15,17-19H2. The fourth-order valence-electron chi connectivity index (χ4n) is 5.89. The Bertz CT molecular complexity index is 1060. The van der Waals surface area contributed by atoms with Crippen molar-refractivity contribution in [3.05, 3.63) is 71.5 Å². The lowest BCUT2D eigenvalue weighted by Crippen LogP contribution is -2.47. The van der Waals surface area contributed by atoms with E-state index in [0.29, 0.717) is 18.4 Å². The normalized spacial score (nSPS) is 27.0. The molecule has 7 nitrogen and oxygen atoms in total. The van der Waals surface area contributed by atoms with Gasteiger partial charge in [0.25, 0.3) is 0 Å². The van der Waals surface area contributed by atoms with E-state index in [4.69, 9.17) is 0 Å². The lowest BCUT2D eigenvalue weighted by Gasteiger charge is -2.39. The molecular weight excluding hydrogens is 462 g/mol. The first-order valence-corrected chi connectivity index (χ1v) is 14.0. The number of aliphatic imine (C=N–C) groups is 2. The van der Waals surface area contributed by atoms with E-state index in [0.717, 1.165) is 81.6 Å². The van der Waals surface area contributed by atoms with E-state index in [1.807, 2.05) is 18.5 Å². The van der Waals surface area contributed by atoms with Crippen LogP contribution in [0.5, 0.6) is 0 Å². The van der Waals surface area contributed by atoms with Gasteiger partial charge in [-0.3, -0.25) is 14.9 Å². The van der Waals surface area contributed by atoms with Crippen LogP contribution in [0.1, 0.15) is 51.4 Å². The number of allylic oxidation sites excluding steroid dienone is 6. The molecule has 3 aliphatic heterocycles. The first-order chi connectivity index (χ1) is 18.2. The first kappa shape index (κ1) is 25.9. The minimum atomic E-state index is -0.498. The van der Waals surface area contributed by atoms with E-state index >= 15 is 0 Å². The van der Waals surface area contributed by atoms with Crippen molar-refractivity contribution < 1.29 is 10.2 Å². The Morgan fingerprint density at radius 2 is 1.92 bits per heavy atom. The molecule has 198 valence electrons. The molecule has 0 bridgehead atoms. The fourth-order valence-corrected chi connectivity index (χ4v) is 5.89. The van der Waals surface area contributed by atoms with Crippen LogP contribution in [-0.4, -0.2) is 59.5 Å². The summed E-state index contributed by atoms with van der Waals surface area (Å²) in [6, 6.07) is 0. The van der Waals surface area contributed by atoms with E-state index < -0.39 is 6.23 Å². The minimum absolute atomic E-state index is 0.0546. The zero-order valence-corrected chi connectivity index (χ0v) is 21.7. The van der Waals surface area contributed by atoms with Gasteiger partial charge in [-0.1, -0.05) is 42.9 Å². The molecule has 0 radical (unpaired) electrons. The number of piperidine rings is 1. The lowest BCUT2D eigenvalue weighted by molar-refractivity contribution is -0.0393. The molecule has 37 heavy (non-hydrogen) atoms. The lowest BCUT2D eigenvalue weighted by atomic mass is 9.88. The summed E-state index contributed by atoms with van der Waals surface area (Å²) >= 11 is 0. The van der Waals surface area contributed by atoms with Crippen molar-refractivity contribution in [2.24, 2.45) is 27.7 Å². The largest absolute Gasteiger partial charge is 0.396 e. The molecule has 1 fully saturated rings. The van der Waals surface area contributed by atoms with Gasteiger partial charge in [0.15, 0.2) is 0 Å². The van der Waals surface area contributed by atoms with Crippen LogP contribution in [0, 0.1) is 17.8 Å². The van der Waals surface area contributed by atoms with E-state index in [9.17, 15) is 10.2 Å². The molecule has 3 heterocycles. The maximum Gasteiger partial charge on any atom is 0.114 e. The number of aliphatic hydroxyl groups is 2. The predicted octanol–water partition coefficient (Wildman–Crippen LogP) is 3.93. The first-order valence-electron chi connectivity index (χ1n) is 14.0. The van der Waals surface area contributed by atoms with Crippen molar-refractivity contribution in [2.75, 3.05) is 26.2 Å². The number of fused-ring (bicyclic) bond motifs is 1. The summed E-state index contributed by atoms with van der Waals surface area (Å²) in [5, 5.41) is 28.0. The summed E-state index contributed by atoms with van der Waals surface area (Å²) < 4.78 is 0. The number of rotatable bonds is 9. The second-order valence-corrected chi connectivity index (χ2v) is 10.6. The van der Waals surface area contributed by atoms with Gasteiger partial charge in [0, 0.05) is 61.3 Å². The Balaban J connectivity index is 1.24. The van der Waals surface area contributed by atoms with Crippen LogP contribution < -0.4 is 10.6 Å². The quantitative estimate of drug-likeness (QED) is 0.358. The molecule has 0 saturated carbocycles. The van der Waals surface area contributed by atoms with Crippen LogP contribution in [-0.2, 0) is 0 Å². The third-order valence-corrected chi connectivity index (χ3v) is 8.05. The molecule has 0 aromatic heterocycles. The van der Waals surface area contributed by atoms with Gasteiger partial charge >= 0.3 is 0 Å². The van der Waals surface area contributed by atoms with Gasteiger partial charge < -0.3 is 20.8 Å². The van der Waals surface area contributed by atoms with Gasteiger partial charge in [-0.05, 0) is 51.0 Å². The average Bonchev–Trinajstić information content (AvgIpc) is 3.25. The van der Waals surface area contributed by atoms with E-state index in [-0.39, 0.29) is 12.5 Å². The zero-order valence-electron chi connectivity index (χ0n) is 21.7. The fraction of sp³-hybridized carbons (Fsp3) is 0.533. The topological polar surface area (TPSA) is 92.5 Å². The average molecular weight is 504 g/mol. The molecule has 3 atom stereocenters. The second kappa shape index (κ2) is 12.7. The molecule has 0 aromatic carbocycles. The Labute approximate surface area is 220 Å². The number of hydrogen-bond donors (Lipinski definition) is 4. The van der Waals surface area contributed by atoms with Gasteiger partial charge in [-0.25, -0.2) is 0 Å². The monoisotopic (exact) mass is 503 g/mol.